The van der Waals surface area contributed by atoms with E-state index in [2.05, 4.69) is 42.5 Å². The second kappa shape index (κ2) is 56.7. The van der Waals surface area contributed by atoms with Gasteiger partial charge in [0.25, 0.3) is 11.8 Å². The number of carbonyl (C=O) groups is 14. The van der Waals surface area contributed by atoms with E-state index in [-0.39, 0.29) is 245 Å². The van der Waals surface area contributed by atoms with Gasteiger partial charge in [-0.2, -0.15) is 0 Å². The highest BCUT2D eigenvalue weighted by Gasteiger charge is 2.34. The molecule has 111 heavy (non-hydrogen) atoms. The predicted octanol–water partition coefficient (Wildman–Crippen LogP) is 2.08. The predicted molar refractivity (Wildman–Crippen MR) is 399 cm³/mol. The molecular weight excluding hydrogens is 1460 g/mol. The highest BCUT2D eigenvalue weighted by molar-refractivity contribution is 6.02. The highest BCUT2D eigenvalue weighted by Crippen LogP contribution is 2.18. The summed E-state index contributed by atoms with van der Waals surface area (Å²) in [6, 6.07) is 7.70. The van der Waals surface area contributed by atoms with Crippen molar-refractivity contribution in [3.63, 3.8) is 0 Å². The third-order valence-electron chi connectivity index (χ3n) is 16.2. The summed E-state index contributed by atoms with van der Waals surface area (Å²) in [6.07, 6.45) is 0.645. The van der Waals surface area contributed by atoms with Crippen LogP contribution in [-0.2, 0) is 123 Å². The molecule has 1 unspecified atom stereocenters. The molecule has 2 aromatic carbocycles. The number of ether oxygens (including phenoxy) is 10. The number of imide groups is 1. The first-order valence-corrected chi connectivity index (χ1v) is 37.5. The first kappa shape index (κ1) is 95.7. The number of amides is 13. The van der Waals surface area contributed by atoms with Crippen LogP contribution in [0.15, 0.2) is 48.5 Å². The fraction of sp³-hybridized carbons (Fsp3) is 0.649. The van der Waals surface area contributed by atoms with Crippen LogP contribution in [0.4, 0.5) is 21.0 Å². The summed E-state index contributed by atoms with van der Waals surface area (Å²) in [5.41, 5.74) is 12.6. The van der Waals surface area contributed by atoms with Crippen LogP contribution in [0.25, 0.3) is 0 Å². The number of rotatable bonds is 61. The van der Waals surface area contributed by atoms with E-state index in [1.165, 1.54) is 4.90 Å². The van der Waals surface area contributed by atoms with Gasteiger partial charge in [-0.15, -0.1) is 5.06 Å². The number of primary amides is 2. The van der Waals surface area contributed by atoms with Gasteiger partial charge in [-0.25, -0.2) is 14.4 Å². The van der Waals surface area contributed by atoms with E-state index in [0.717, 1.165) is 0 Å². The van der Waals surface area contributed by atoms with E-state index in [4.69, 9.17) is 63.7 Å². The van der Waals surface area contributed by atoms with Crippen molar-refractivity contribution >= 4 is 94.5 Å². The van der Waals surface area contributed by atoms with E-state index in [1.807, 2.05) is 0 Å². The quantitative estimate of drug-likeness (QED) is 0.0257. The molecule has 0 bridgehead atoms. The van der Waals surface area contributed by atoms with E-state index in [0.29, 0.717) is 40.4 Å². The SMILES string of the molecule is CCC(=O)OCc1ccc(NC(=O)[C@H](CCCNC(N)=O)NC(=O)[C@@H](NC(=O)CCOCCOCCOCCOCCN(CCOCCOCCOCCOCCC(=O)N[C@H](C(=O)NC(CCCNC(N)=O)C(=O)Nc2ccc(COC(=O)C(C)C)cc2)C(C)C)C(=O)CCCC(=O)ON2C(=O)CCC2=O)C(C)C)cc1. The first-order chi connectivity index (χ1) is 53.2. The van der Waals surface area contributed by atoms with Crippen molar-refractivity contribution in [1.82, 2.24) is 41.9 Å². The molecule has 1 aliphatic heterocycles. The number of nitrogens with one attached hydrogen (secondary N) is 8. The van der Waals surface area contributed by atoms with Crippen molar-refractivity contribution in [3.8, 4) is 0 Å². The van der Waals surface area contributed by atoms with Gasteiger partial charge in [0, 0.05) is 82.5 Å². The summed E-state index contributed by atoms with van der Waals surface area (Å²) >= 11 is 0. The Labute approximate surface area is 647 Å². The van der Waals surface area contributed by atoms with E-state index >= 15 is 0 Å². The maximum Gasteiger partial charge on any atom is 0.333 e. The van der Waals surface area contributed by atoms with Crippen LogP contribution in [0.1, 0.15) is 137 Å². The van der Waals surface area contributed by atoms with Crippen LogP contribution in [0.3, 0.4) is 0 Å². The lowest BCUT2D eigenvalue weighted by Gasteiger charge is -2.25. The lowest BCUT2D eigenvalue weighted by molar-refractivity contribution is -0.197. The Kier molecular flexibility index (Phi) is 48.9. The number of nitrogens with two attached hydrogens (primary N) is 2. The number of anilines is 2. The van der Waals surface area contributed by atoms with Gasteiger partial charge in [0.2, 0.25) is 41.4 Å². The van der Waals surface area contributed by atoms with Crippen LogP contribution < -0.4 is 54.0 Å². The van der Waals surface area contributed by atoms with Gasteiger partial charge < -0.3 is 111 Å². The Balaban J connectivity index is 1.32. The summed E-state index contributed by atoms with van der Waals surface area (Å²) in [7, 11) is 0. The monoisotopic (exact) mass is 1570 g/mol. The molecule has 12 N–H and O–H groups in total. The standard InChI is InChI=1S/C74H116N12O25/c1-8-64(92)109-48-53-16-20-55(21-17-53)79-68(94)57(12-10-28-77-73(75)99)81-70(96)66(50(2)3)83-59(87)26-32-101-36-40-105-44-46-107-42-38-103-34-30-85(61(89)14-9-15-65(93)111-86-62(90)24-25-63(86)91)31-35-104-39-43-108-47-45-106-41-37-102-33-27-60(88)84-67(51(4)5)71(97)82-58(13-11-29-78-74(76)100)69(95)80-56-22-18-54(19-23-56)49-110-72(98)52(6)7/h16-23,50-52,57-58,66-67H,8-15,24-49H2,1-7H3,(H,79,94)(H,80,95)(H,81,96)(H,82,97)(H,83,87)(H,84,88)(H3,75,77,99)(H3,76,78,100)/t57-,58?,66-,67-/m0/s1. The van der Waals surface area contributed by atoms with Crippen molar-refractivity contribution < 1.29 is 119 Å². The minimum absolute atomic E-state index is 0.0291. The van der Waals surface area contributed by atoms with Crippen molar-refractivity contribution in [2.24, 2.45) is 29.2 Å². The van der Waals surface area contributed by atoms with Gasteiger partial charge in [0.15, 0.2) is 0 Å². The maximum atomic E-state index is 13.6. The van der Waals surface area contributed by atoms with Gasteiger partial charge >= 0.3 is 30.0 Å². The van der Waals surface area contributed by atoms with Crippen LogP contribution in [-0.4, -0.2) is 249 Å². The number of hydrogen-bond donors (Lipinski definition) is 10. The molecule has 0 aromatic heterocycles. The topological polar surface area (TPSA) is 495 Å². The van der Waals surface area contributed by atoms with Crippen molar-refractivity contribution in [2.75, 3.05) is 143 Å². The fourth-order valence-corrected chi connectivity index (χ4v) is 9.98. The molecule has 1 heterocycles. The van der Waals surface area contributed by atoms with Crippen LogP contribution in [0, 0.1) is 17.8 Å². The lowest BCUT2D eigenvalue weighted by Crippen LogP contribution is -2.54. The number of carbonyl (C=O) groups excluding carboxylic acids is 14. The Morgan fingerprint density at radius 3 is 1.17 bits per heavy atom. The number of hydrogen-bond acceptors (Lipinski definition) is 25. The summed E-state index contributed by atoms with van der Waals surface area (Å²) < 4.78 is 55.4. The maximum absolute atomic E-state index is 13.6. The van der Waals surface area contributed by atoms with Gasteiger partial charge in [-0.3, -0.25) is 52.7 Å². The molecule has 0 spiro atoms. The molecule has 37 nitrogen and oxygen atoms in total. The van der Waals surface area contributed by atoms with Gasteiger partial charge in [-0.1, -0.05) is 72.7 Å². The molecular formula is C74H116N12O25. The summed E-state index contributed by atoms with van der Waals surface area (Å²) in [6.45, 7) is 15.7. The molecule has 0 radical (unpaired) electrons. The zero-order chi connectivity index (χ0) is 81.7. The average molecular weight is 1570 g/mol. The normalized spacial score (nSPS) is 13.0. The minimum atomic E-state index is -1.05. The number of esters is 2. The first-order valence-electron chi connectivity index (χ1n) is 37.5. The van der Waals surface area contributed by atoms with Gasteiger partial charge in [-0.05, 0) is 79.3 Å². The summed E-state index contributed by atoms with van der Waals surface area (Å²) in [4.78, 5) is 182. The van der Waals surface area contributed by atoms with E-state index in [9.17, 15) is 67.1 Å². The Morgan fingerprint density at radius 1 is 0.441 bits per heavy atom. The van der Waals surface area contributed by atoms with Crippen LogP contribution in [0.5, 0.6) is 0 Å². The molecule has 0 saturated carbocycles. The highest BCUT2D eigenvalue weighted by atomic mass is 16.7. The van der Waals surface area contributed by atoms with Crippen molar-refractivity contribution in [3.05, 3.63) is 59.7 Å². The molecule has 4 atom stereocenters. The molecule has 13 amide bonds. The molecule has 1 fully saturated rings. The Morgan fingerprint density at radius 2 is 0.811 bits per heavy atom. The molecule has 2 aromatic rings. The van der Waals surface area contributed by atoms with Gasteiger partial charge in [0.1, 0.15) is 37.4 Å². The van der Waals surface area contributed by atoms with Crippen molar-refractivity contribution in [1.29, 1.82) is 0 Å². The van der Waals surface area contributed by atoms with Crippen molar-refractivity contribution in [2.45, 2.75) is 163 Å². The van der Waals surface area contributed by atoms with Gasteiger partial charge in [0.05, 0.1) is 112 Å². The molecule has 3 rings (SSSR count). The molecule has 1 aliphatic rings. The second-order valence-corrected chi connectivity index (χ2v) is 26.4. The Bertz CT molecular complexity index is 3180. The molecule has 37 heteroatoms. The second-order valence-electron chi connectivity index (χ2n) is 26.4. The third-order valence-corrected chi connectivity index (χ3v) is 16.2. The number of urea groups is 2. The van der Waals surface area contributed by atoms with Crippen LogP contribution in [0.2, 0.25) is 0 Å². The molecule has 0 aliphatic carbocycles. The summed E-state index contributed by atoms with van der Waals surface area (Å²) in [5, 5.41) is 21.9. The molecule has 1 saturated heterocycles. The zero-order valence-electron chi connectivity index (χ0n) is 65.0. The number of nitrogens with zero attached hydrogens (tertiary/aromatic N) is 2. The average Bonchev–Trinajstić information content (AvgIpc) is 1.69. The van der Waals surface area contributed by atoms with E-state index in [1.54, 1.807) is 97.0 Å². The number of benzene rings is 2. The smallest absolute Gasteiger partial charge is 0.333 e. The van der Waals surface area contributed by atoms with Crippen LogP contribution >= 0.6 is 0 Å². The minimum Gasteiger partial charge on any atom is -0.461 e. The molecule has 622 valence electrons. The third kappa shape index (κ3) is 43.6. The largest absolute Gasteiger partial charge is 0.461 e. The number of hydroxylamine groups is 2. The Hall–Kier alpha value is -9.50. The fourth-order valence-electron chi connectivity index (χ4n) is 9.98. The van der Waals surface area contributed by atoms with E-state index < -0.39 is 89.5 Å². The summed E-state index contributed by atoms with van der Waals surface area (Å²) in [5.74, 6) is -7.23. The zero-order valence-corrected chi connectivity index (χ0v) is 65.0. The lowest BCUT2D eigenvalue weighted by atomic mass is 10.0.